The van der Waals surface area contributed by atoms with E-state index >= 15 is 0 Å². The Morgan fingerprint density at radius 2 is 1.85 bits per heavy atom. The van der Waals surface area contributed by atoms with Gasteiger partial charge in [0.2, 0.25) is 0 Å². The van der Waals surface area contributed by atoms with Crippen LogP contribution in [0.15, 0.2) is 47.8 Å². The lowest BCUT2D eigenvalue weighted by molar-refractivity contribution is 0.339. The van der Waals surface area contributed by atoms with Crippen LogP contribution in [0.2, 0.25) is 0 Å². The average molecular weight is 287 g/mol. The molecule has 1 atom stereocenters. The quantitative estimate of drug-likeness (QED) is 0.782. The van der Waals surface area contributed by atoms with Crippen molar-refractivity contribution in [1.82, 2.24) is 5.32 Å². The third-order valence-corrected chi connectivity index (χ3v) is 4.91. The number of hydrogen-bond donors (Lipinski definition) is 1. The van der Waals surface area contributed by atoms with Gasteiger partial charge in [0.1, 0.15) is 0 Å². The van der Waals surface area contributed by atoms with Crippen LogP contribution in [-0.4, -0.2) is 12.6 Å². The van der Waals surface area contributed by atoms with E-state index in [-0.39, 0.29) is 5.41 Å². The predicted octanol–water partition coefficient (Wildman–Crippen LogP) is 4.64. The Labute approximate surface area is 127 Å². The number of rotatable bonds is 7. The van der Waals surface area contributed by atoms with Crippen molar-refractivity contribution in [3.63, 3.8) is 0 Å². The highest BCUT2D eigenvalue weighted by Crippen LogP contribution is 2.30. The van der Waals surface area contributed by atoms with Gasteiger partial charge in [-0.3, -0.25) is 0 Å². The maximum atomic E-state index is 3.75. The largest absolute Gasteiger partial charge is 0.313 e. The van der Waals surface area contributed by atoms with Gasteiger partial charge in [0, 0.05) is 16.3 Å². The molecule has 1 nitrogen and oxygen atoms in total. The molecule has 1 aromatic carbocycles. The first-order chi connectivity index (χ1) is 9.64. The molecular formula is C18H25NS. The lowest BCUT2D eigenvalue weighted by Gasteiger charge is -2.36. The molecule has 0 saturated carbocycles. The van der Waals surface area contributed by atoms with Gasteiger partial charge in [-0.05, 0) is 36.4 Å². The van der Waals surface area contributed by atoms with E-state index in [9.17, 15) is 0 Å². The van der Waals surface area contributed by atoms with Gasteiger partial charge in [-0.25, -0.2) is 0 Å². The molecule has 2 rings (SSSR count). The SMILES string of the molecule is CCCNC(Cc1cccs1)C(C)(C)c1ccccc1. The molecule has 1 aromatic heterocycles. The average Bonchev–Trinajstić information content (AvgIpc) is 2.97. The van der Waals surface area contributed by atoms with Gasteiger partial charge in [0.15, 0.2) is 0 Å². The van der Waals surface area contributed by atoms with E-state index in [2.05, 4.69) is 73.9 Å². The molecular weight excluding hydrogens is 262 g/mol. The lowest BCUT2D eigenvalue weighted by Crippen LogP contribution is -2.46. The zero-order chi connectivity index (χ0) is 14.4. The van der Waals surface area contributed by atoms with E-state index < -0.39 is 0 Å². The summed E-state index contributed by atoms with van der Waals surface area (Å²) in [5.74, 6) is 0. The minimum absolute atomic E-state index is 0.125. The monoisotopic (exact) mass is 287 g/mol. The van der Waals surface area contributed by atoms with Crippen LogP contribution in [-0.2, 0) is 11.8 Å². The molecule has 0 aliphatic carbocycles. The number of benzene rings is 1. The molecule has 0 aliphatic rings. The third kappa shape index (κ3) is 3.71. The van der Waals surface area contributed by atoms with Crippen LogP contribution in [0, 0.1) is 0 Å². The van der Waals surface area contributed by atoms with Gasteiger partial charge in [-0.2, -0.15) is 0 Å². The fourth-order valence-electron chi connectivity index (χ4n) is 2.60. The van der Waals surface area contributed by atoms with Crippen molar-refractivity contribution < 1.29 is 0 Å². The Bertz CT molecular complexity index is 487. The molecule has 1 unspecified atom stereocenters. The topological polar surface area (TPSA) is 12.0 Å². The number of nitrogens with one attached hydrogen (secondary N) is 1. The molecule has 0 radical (unpaired) electrons. The van der Waals surface area contributed by atoms with Gasteiger partial charge in [0.05, 0.1) is 0 Å². The van der Waals surface area contributed by atoms with Gasteiger partial charge < -0.3 is 5.32 Å². The Hall–Kier alpha value is -1.12. The zero-order valence-corrected chi connectivity index (χ0v) is 13.5. The molecule has 0 aliphatic heterocycles. The Kier molecular flexibility index (Phi) is 5.38. The molecule has 0 spiro atoms. The Morgan fingerprint density at radius 1 is 1.10 bits per heavy atom. The van der Waals surface area contributed by atoms with Crippen molar-refractivity contribution in [3.05, 3.63) is 58.3 Å². The molecule has 2 heteroatoms. The van der Waals surface area contributed by atoms with E-state index in [1.807, 2.05) is 11.3 Å². The molecule has 108 valence electrons. The smallest absolute Gasteiger partial charge is 0.0207 e. The van der Waals surface area contributed by atoms with Crippen molar-refractivity contribution in [2.24, 2.45) is 0 Å². The van der Waals surface area contributed by atoms with Crippen LogP contribution >= 0.6 is 11.3 Å². The minimum Gasteiger partial charge on any atom is -0.313 e. The van der Waals surface area contributed by atoms with Gasteiger partial charge in [-0.1, -0.05) is 57.2 Å². The molecule has 1 heterocycles. The summed E-state index contributed by atoms with van der Waals surface area (Å²) in [5.41, 5.74) is 1.53. The van der Waals surface area contributed by atoms with Gasteiger partial charge in [0.25, 0.3) is 0 Å². The molecule has 0 amide bonds. The van der Waals surface area contributed by atoms with Crippen LogP contribution in [0.3, 0.4) is 0 Å². The van der Waals surface area contributed by atoms with Crippen LogP contribution in [0.1, 0.15) is 37.6 Å². The maximum Gasteiger partial charge on any atom is 0.0207 e. The van der Waals surface area contributed by atoms with Crippen LogP contribution in [0.5, 0.6) is 0 Å². The maximum absolute atomic E-state index is 3.75. The second-order valence-electron chi connectivity index (χ2n) is 5.88. The Balaban J connectivity index is 2.20. The molecule has 1 N–H and O–H groups in total. The fourth-order valence-corrected chi connectivity index (χ4v) is 3.35. The van der Waals surface area contributed by atoms with E-state index in [0.717, 1.165) is 13.0 Å². The van der Waals surface area contributed by atoms with Crippen molar-refractivity contribution in [2.75, 3.05) is 6.54 Å². The summed E-state index contributed by atoms with van der Waals surface area (Å²) in [6, 6.07) is 15.7. The van der Waals surface area contributed by atoms with Crippen molar-refractivity contribution in [2.45, 2.75) is 45.1 Å². The van der Waals surface area contributed by atoms with E-state index in [1.165, 1.54) is 16.9 Å². The van der Waals surface area contributed by atoms with Gasteiger partial charge >= 0.3 is 0 Å². The summed E-state index contributed by atoms with van der Waals surface area (Å²) < 4.78 is 0. The highest BCUT2D eigenvalue weighted by Gasteiger charge is 2.30. The molecule has 0 saturated heterocycles. The molecule has 2 aromatic rings. The highest BCUT2D eigenvalue weighted by atomic mass is 32.1. The van der Waals surface area contributed by atoms with Gasteiger partial charge in [-0.15, -0.1) is 11.3 Å². The summed E-state index contributed by atoms with van der Waals surface area (Å²) in [5, 5.41) is 5.92. The van der Waals surface area contributed by atoms with Crippen LogP contribution in [0.4, 0.5) is 0 Å². The number of thiophene rings is 1. The fraction of sp³-hybridized carbons (Fsp3) is 0.444. The third-order valence-electron chi connectivity index (χ3n) is 4.02. The minimum atomic E-state index is 0.125. The second-order valence-corrected chi connectivity index (χ2v) is 6.91. The Morgan fingerprint density at radius 3 is 2.45 bits per heavy atom. The molecule has 0 bridgehead atoms. The first-order valence-corrected chi connectivity index (χ1v) is 8.34. The molecule has 20 heavy (non-hydrogen) atoms. The summed E-state index contributed by atoms with van der Waals surface area (Å²) in [6.07, 6.45) is 2.27. The first-order valence-electron chi connectivity index (χ1n) is 7.46. The summed E-state index contributed by atoms with van der Waals surface area (Å²) in [6.45, 7) is 8.00. The van der Waals surface area contributed by atoms with E-state index in [4.69, 9.17) is 0 Å². The summed E-state index contributed by atoms with van der Waals surface area (Å²) in [4.78, 5) is 1.46. The normalized spacial score (nSPS) is 13.3. The van der Waals surface area contributed by atoms with E-state index in [1.54, 1.807) is 0 Å². The van der Waals surface area contributed by atoms with Crippen LogP contribution in [0.25, 0.3) is 0 Å². The van der Waals surface area contributed by atoms with E-state index in [0.29, 0.717) is 6.04 Å². The van der Waals surface area contributed by atoms with Crippen LogP contribution < -0.4 is 5.32 Å². The highest BCUT2D eigenvalue weighted by molar-refractivity contribution is 7.09. The summed E-state index contributed by atoms with van der Waals surface area (Å²) in [7, 11) is 0. The lowest BCUT2D eigenvalue weighted by atomic mass is 9.76. The van der Waals surface area contributed by atoms with Crippen molar-refractivity contribution >= 4 is 11.3 Å². The molecule has 0 fully saturated rings. The van der Waals surface area contributed by atoms with Crippen molar-refractivity contribution in [3.8, 4) is 0 Å². The van der Waals surface area contributed by atoms with Crippen molar-refractivity contribution in [1.29, 1.82) is 0 Å². The first kappa shape index (κ1) is 15.3. The summed E-state index contributed by atoms with van der Waals surface area (Å²) >= 11 is 1.86. The zero-order valence-electron chi connectivity index (χ0n) is 12.7. The number of hydrogen-bond acceptors (Lipinski definition) is 2. The second kappa shape index (κ2) is 7.05. The predicted molar refractivity (Wildman–Crippen MR) is 89.6 cm³/mol. The standard InChI is InChI=1S/C18H25NS/c1-4-12-19-17(14-16-11-8-13-20-16)18(2,3)15-9-6-5-7-10-15/h5-11,13,17,19H,4,12,14H2,1-3H3.